The summed E-state index contributed by atoms with van der Waals surface area (Å²) in [6, 6.07) is 7.89. The van der Waals surface area contributed by atoms with Gasteiger partial charge < -0.3 is 0 Å². The SMILES string of the molecule is CC(=O)SC1CCN(C(C(=O)C2CC2)c2ccccc2F)C/C1=C\Cn1cccn1. The Morgan fingerprint density at radius 1 is 1.27 bits per heavy atom. The summed E-state index contributed by atoms with van der Waals surface area (Å²) in [6.45, 7) is 3.39. The number of rotatable bonds is 7. The molecule has 1 aliphatic carbocycles. The summed E-state index contributed by atoms with van der Waals surface area (Å²) in [7, 11) is 0. The summed E-state index contributed by atoms with van der Waals surface area (Å²) in [6.07, 6.45) is 8.25. The lowest BCUT2D eigenvalue weighted by Crippen LogP contribution is -2.43. The van der Waals surface area contributed by atoms with Crippen molar-refractivity contribution in [2.45, 2.75) is 44.0 Å². The quantitative estimate of drug-likeness (QED) is 0.625. The zero-order valence-corrected chi connectivity index (χ0v) is 17.9. The van der Waals surface area contributed by atoms with Crippen LogP contribution >= 0.6 is 11.8 Å². The van der Waals surface area contributed by atoms with Gasteiger partial charge in [-0.25, -0.2) is 4.39 Å². The van der Waals surface area contributed by atoms with Crippen molar-refractivity contribution in [3.63, 3.8) is 0 Å². The van der Waals surface area contributed by atoms with Crippen LogP contribution in [0.15, 0.2) is 54.4 Å². The number of nitrogens with zero attached hydrogens (tertiary/aromatic N) is 3. The Balaban J connectivity index is 1.61. The summed E-state index contributed by atoms with van der Waals surface area (Å²) in [5.74, 6) is -0.182. The van der Waals surface area contributed by atoms with E-state index in [0.29, 0.717) is 25.2 Å². The summed E-state index contributed by atoms with van der Waals surface area (Å²) >= 11 is 1.34. The van der Waals surface area contributed by atoms with Crippen LogP contribution in [-0.4, -0.2) is 43.9 Å². The first-order valence-electron chi connectivity index (χ1n) is 10.4. The molecule has 0 spiro atoms. The lowest BCUT2D eigenvalue weighted by atomic mass is 9.93. The molecule has 0 radical (unpaired) electrons. The Kier molecular flexibility index (Phi) is 6.49. The second-order valence-electron chi connectivity index (χ2n) is 7.97. The van der Waals surface area contributed by atoms with Gasteiger partial charge in [0.1, 0.15) is 5.82 Å². The highest BCUT2D eigenvalue weighted by Crippen LogP contribution is 2.40. The van der Waals surface area contributed by atoms with Gasteiger partial charge in [-0.3, -0.25) is 19.2 Å². The number of carbonyl (C=O) groups is 2. The Morgan fingerprint density at radius 3 is 2.73 bits per heavy atom. The van der Waals surface area contributed by atoms with E-state index in [4.69, 9.17) is 0 Å². The van der Waals surface area contributed by atoms with E-state index in [9.17, 15) is 14.0 Å². The minimum absolute atomic E-state index is 0.0374. The summed E-state index contributed by atoms with van der Waals surface area (Å²) in [5.41, 5.74) is 1.56. The third kappa shape index (κ3) is 4.90. The van der Waals surface area contributed by atoms with Crippen LogP contribution in [0.3, 0.4) is 0 Å². The van der Waals surface area contributed by atoms with Crippen molar-refractivity contribution in [3.8, 4) is 0 Å². The first-order chi connectivity index (χ1) is 14.5. The van der Waals surface area contributed by atoms with Crippen molar-refractivity contribution < 1.29 is 14.0 Å². The van der Waals surface area contributed by atoms with E-state index in [2.05, 4.69) is 16.1 Å². The third-order valence-corrected chi connectivity index (χ3v) is 6.85. The summed E-state index contributed by atoms with van der Waals surface area (Å²) in [5, 5.41) is 4.40. The standard InChI is InChI=1S/C23H26FN3O2S/c1-16(28)30-21-10-13-26(15-18(21)9-14-27-12-4-11-25-27)22(23(29)17-7-8-17)19-5-2-3-6-20(19)24/h2-6,9,11-12,17,21-22H,7-8,10,13-15H2,1H3/b18-9+. The van der Waals surface area contributed by atoms with Gasteiger partial charge >= 0.3 is 0 Å². The molecule has 0 bridgehead atoms. The summed E-state index contributed by atoms with van der Waals surface area (Å²) in [4.78, 5) is 27.0. The summed E-state index contributed by atoms with van der Waals surface area (Å²) < 4.78 is 16.5. The number of aromatic nitrogens is 2. The predicted octanol–water partition coefficient (Wildman–Crippen LogP) is 4.02. The number of halogens is 1. The van der Waals surface area contributed by atoms with Crippen LogP contribution in [0.4, 0.5) is 4.39 Å². The first kappa shape index (κ1) is 21.0. The fourth-order valence-electron chi connectivity index (χ4n) is 4.07. The maximum absolute atomic E-state index is 14.7. The fourth-order valence-corrected chi connectivity index (χ4v) is 5.02. The highest BCUT2D eigenvalue weighted by atomic mass is 32.2. The Hall–Kier alpha value is -2.25. The van der Waals surface area contributed by atoms with Gasteiger partial charge in [-0.05, 0) is 37.0 Å². The maximum Gasteiger partial charge on any atom is 0.186 e. The molecule has 1 saturated heterocycles. The maximum atomic E-state index is 14.7. The molecule has 1 aliphatic heterocycles. The number of thioether (sulfide) groups is 1. The van der Waals surface area contributed by atoms with Gasteiger partial charge in [-0.15, -0.1) is 0 Å². The number of benzene rings is 1. The van der Waals surface area contributed by atoms with Crippen LogP contribution < -0.4 is 0 Å². The number of allylic oxidation sites excluding steroid dienone is 1. The molecule has 2 aromatic rings. The third-order valence-electron chi connectivity index (χ3n) is 5.70. The highest BCUT2D eigenvalue weighted by Gasteiger charge is 2.41. The molecule has 2 heterocycles. The number of ketones is 1. The van der Waals surface area contributed by atoms with Crippen LogP contribution in [0.2, 0.25) is 0 Å². The van der Waals surface area contributed by atoms with Gasteiger partial charge in [0.05, 0.1) is 12.6 Å². The van der Waals surface area contributed by atoms with E-state index in [1.807, 2.05) is 16.9 Å². The van der Waals surface area contributed by atoms with E-state index < -0.39 is 6.04 Å². The van der Waals surface area contributed by atoms with Crippen molar-refractivity contribution in [1.82, 2.24) is 14.7 Å². The average Bonchev–Trinajstić information content (AvgIpc) is 3.45. The van der Waals surface area contributed by atoms with Gasteiger partial charge in [0.15, 0.2) is 10.9 Å². The molecule has 30 heavy (non-hydrogen) atoms. The van der Waals surface area contributed by atoms with Gasteiger partial charge in [0.2, 0.25) is 0 Å². The van der Waals surface area contributed by atoms with Gasteiger partial charge in [-0.2, -0.15) is 5.10 Å². The van der Waals surface area contributed by atoms with Crippen LogP contribution in [0.5, 0.6) is 0 Å². The monoisotopic (exact) mass is 427 g/mol. The Morgan fingerprint density at radius 2 is 2.07 bits per heavy atom. The van der Waals surface area contributed by atoms with E-state index >= 15 is 0 Å². The van der Waals surface area contributed by atoms with Crippen molar-refractivity contribution in [2.24, 2.45) is 5.92 Å². The van der Waals surface area contributed by atoms with Crippen molar-refractivity contribution >= 4 is 22.7 Å². The van der Waals surface area contributed by atoms with E-state index in [1.54, 1.807) is 31.3 Å². The molecule has 1 aromatic carbocycles. The van der Waals surface area contributed by atoms with E-state index in [0.717, 1.165) is 24.8 Å². The minimum atomic E-state index is -0.574. The molecular formula is C23H26FN3O2S. The topological polar surface area (TPSA) is 55.2 Å². The van der Waals surface area contributed by atoms with E-state index in [-0.39, 0.29) is 27.9 Å². The minimum Gasteiger partial charge on any atom is -0.297 e. The van der Waals surface area contributed by atoms with Crippen LogP contribution in [-0.2, 0) is 16.1 Å². The molecule has 158 valence electrons. The number of hydrogen-bond acceptors (Lipinski definition) is 5. The molecule has 2 unspecified atom stereocenters. The van der Waals surface area contributed by atoms with Gasteiger partial charge in [0.25, 0.3) is 0 Å². The first-order valence-corrected chi connectivity index (χ1v) is 11.3. The molecule has 0 amide bonds. The Bertz CT molecular complexity index is 940. The number of piperidine rings is 1. The number of likely N-dealkylation sites (tertiary alicyclic amines) is 1. The molecule has 1 aromatic heterocycles. The smallest absolute Gasteiger partial charge is 0.186 e. The number of Topliss-reactive ketones (excluding diaryl/α,β-unsaturated/α-hetero) is 1. The van der Waals surface area contributed by atoms with E-state index in [1.165, 1.54) is 17.8 Å². The predicted molar refractivity (Wildman–Crippen MR) is 115 cm³/mol. The normalized spacial score (nSPS) is 22.2. The zero-order chi connectivity index (χ0) is 21.1. The molecule has 7 heteroatoms. The lowest BCUT2D eigenvalue weighted by Gasteiger charge is -2.38. The van der Waals surface area contributed by atoms with Crippen molar-refractivity contribution in [1.29, 1.82) is 0 Å². The number of hydrogen-bond donors (Lipinski definition) is 0. The second kappa shape index (κ2) is 9.27. The van der Waals surface area contributed by atoms with Crippen LogP contribution in [0.1, 0.15) is 37.8 Å². The molecule has 5 nitrogen and oxygen atoms in total. The molecule has 2 aliphatic rings. The van der Waals surface area contributed by atoms with Crippen LogP contribution in [0, 0.1) is 11.7 Å². The number of carbonyl (C=O) groups excluding carboxylic acids is 2. The van der Waals surface area contributed by atoms with Gasteiger partial charge in [0, 0.05) is 49.1 Å². The second-order valence-corrected chi connectivity index (χ2v) is 9.34. The largest absolute Gasteiger partial charge is 0.297 e. The molecular weight excluding hydrogens is 401 g/mol. The van der Waals surface area contributed by atoms with Crippen molar-refractivity contribution in [2.75, 3.05) is 13.1 Å². The lowest BCUT2D eigenvalue weighted by molar-refractivity contribution is -0.126. The molecule has 1 saturated carbocycles. The zero-order valence-electron chi connectivity index (χ0n) is 17.0. The van der Waals surface area contributed by atoms with Crippen molar-refractivity contribution in [3.05, 3.63) is 65.8 Å². The molecule has 2 atom stereocenters. The fraction of sp³-hybridized carbons (Fsp3) is 0.435. The highest BCUT2D eigenvalue weighted by molar-refractivity contribution is 8.14. The van der Waals surface area contributed by atoms with Gasteiger partial charge in [-0.1, -0.05) is 36.0 Å². The van der Waals surface area contributed by atoms with Crippen LogP contribution in [0.25, 0.3) is 0 Å². The Labute approximate surface area is 180 Å². The molecule has 0 N–H and O–H groups in total. The molecule has 2 fully saturated rings. The molecule has 4 rings (SSSR count). The average molecular weight is 428 g/mol.